The lowest BCUT2D eigenvalue weighted by atomic mass is 10.5. The number of aromatic nitrogens is 3. The molecule has 0 atom stereocenters. The maximum atomic E-state index is 8.60. The predicted octanol–water partition coefficient (Wildman–Crippen LogP) is 0.503. The summed E-state index contributed by atoms with van der Waals surface area (Å²) in [4.78, 5) is 4.18. The molecule has 0 fully saturated rings. The zero-order valence-corrected chi connectivity index (χ0v) is 10.5. The Labute approximate surface area is 101 Å². The van der Waals surface area contributed by atoms with Gasteiger partial charge in [-0.2, -0.15) is 16.9 Å². The Morgan fingerprint density at radius 1 is 1.50 bits per heavy atom. The molecule has 2 N–H and O–H groups in total. The van der Waals surface area contributed by atoms with Gasteiger partial charge in [0.15, 0.2) is 0 Å². The fourth-order valence-corrected chi connectivity index (χ4v) is 2.13. The molecule has 0 amide bonds. The van der Waals surface area contributed by atoms with Crippen molar-refractivity contribution in [2.75, 3.05) is 24.7 Å². The Bertz CT molecular complexity index is 280. The number of aryl methyl sites for hydroxylation is 1. The highest BCUT2D eigenvalue weighted by Gasteiger charge is 2.00. The van der Waals surface area contributed by atoms with Crippen LogP contribution < -0.4 is 5.32 Å². The largest absolute Gasteiger partial charge is 0.396 e. The normalized spacial score (nSPS) is 10.9. The maximum absolute atomic E-state index is 8.60. The molecule has 0 aliphatic heterocycles. The van der Waals surface area contributed by atoms with Crippen molar-refractivity contribution in [1.29, 1.82) is 0 Å². The van der Waals surface area contributed by atoms with Gasteiger partial charge in [0.2, 0.25) is 0 Å². The third-order valence-electron chi connectivity index (χ3n) is 2.15. The topological polar surface area (TPSA) is 63.0 Å². The summed E-state index contributed by atoms with van der Waals surface area (Å²) in [5.74, 6) is 3.09. The van der Waals surface area contributed by atoms with Crippen molar-refractivity contribution < 1.29 is 5.11 Å². The van der Waals surface area contributed by atoms with Crippen LogP contribution in [0.15, 0.2) is 6.33 Å². The van der Waals surface area contributed by atoms with Crippen LogP contribution in [-0.4, -0.2) is 44.5 Å². The average molecular weight is 244 g/mol. The van der Waals surface area contributed by atoms with Crippen LogP contribution in [0.1, 0.15) is 19.2 Å². The van der Waals surface area contributed by atoms with Gasteiger partial charge < -0.3 is 10.4 Å². The molecule has 0 aromatic carbocycles. The third-order valence-corrected chi connectivity index (χ3v) is 3.22. The van der Waals surface area contributed by atoms with E-state index in [1.165, 1.54) is 0 Å². The Balaban J connectivity index is 2.03. The fraction of sp³-hybridized carbons (Fsp3) is 0.800. The number of aliphatic hydroxyl groups is 1. The van der Waals surface area contributed by atoms with Gasteiger partial charge in [0, 0.05) is 25.4 Å². The Kier molecular flexibility index (Phi) is 7.20. The maximum Gasteiger partial charge on any atom is 0.140 e. The summed E-state index contributed by atoms with van der Waals surface area (Å²) in [6.45, 7) is 4.95. The van der Waals surface area contributed by atoms with Gasteiger partial charge in [-0.05, 0) is 19.1 Å². The summed E-state index contributed by atoms with van der Waals surface area (Å²) in [5, 5.41) is 16.0. The van der Waals surface area contributed by atoms with Crippen LogP contribution in [0.25, 0.3) is 0 Å². The van der Waals surface area contributed by atoms with Crippen molar-refractivity contribution in [2.45, 2.75) is 26.4 Å². The van der Waals surface area contributed by atoms with Crippen molar-refractivity contribution in [3.63, 3.8) is 0 Å². The van der Waals surface area contributed by atoms with E-state index < -0.39 is 0 Å². The number of hydrogen-bond donors (Lipinski definition) is 2. The van der Waals surface area contributed by atoms with Gasteiger partial charge in [0.1, 0.15) is 12.2 Å². The Morgan fingerprint density at radius 2 is 2.38 bits per heavy atom. The van der Waals surface area contributed by atoms with E-state index in [1.807, 2.05) is 16.4 Å². The van der Waals surface area contributed by atoms with Gasteiger partial charge in [-0.3, -0.25) is 0 Å². The molecule has 0 saturated carbocycles. The van der Waals surface area contributed by atoms with Crippen molar-refractivity contribution in [2.24, 2.45) is 0 Å². The van der Waals surface area contributed by atoms with Gasteiger partial charge in [-0.1, -0.05) is 0 Å². The van der Waals surface area contributed by atoms with Crippen molar-refractivity contribution in [1.82, 2.24) is 20.1 Å². The van der Waals surface area contributed by atoms with Crippen molar-refractivity contribution in [3.05, 3.63) is 12.2 Å². The molecule has 1 aromatic heterocycles. The van der Waals surface area contributed by atoms with Gasteiger partial charge in [-0.25, -0.2) is 9.67 Å². The molecular formula is C10H20N4OS. The van der Waals surface area contributed by atoms with Crippen molar-refractivity contribution in [3.8, 4) is 0 Å². The van der Waals surface area contributed by atoms with Crippen LogP contribution in [0.4, 0.5) is 0 Å². The lowest BCUT2D eigenvalue weighted by Gasteiger charge is -2.05. The second-order valence-corrected chi connectivity index (χ2v) is 4.58. The Hall–Kier alpha value is -0.590. The lowest BCUT2D eigenvalue weighted by Crippen LogP contribution is -2.20. The zero-order chi connectivity index (χ0) is 11.6. The fourth-order valence-electron chi connectivity index (χ4n) is 1.30. The third kappa shape index (κ3) is 4.96. The molecule has 1 heterocycles. The highest BCUT2D eigenvalue weighted by molar-refractivity contribution is 7.99. The predicted molar refractivity (Wildman–Crippen MR) is 66.4 cm³/mol. The van der Waals surface area contributed by atoms with E-state index in [4.69, 9.17) is 5.11 Å². The average Bonchev–Trinajstić information content (AvgIpc) is 2.75. The van der Waals surface area contributed by atoms with Crippen molar-refractivity contribution >= 4 is 11.8 Å². The number of nitrogens with zero attached hydrogens (tertiary/aromatic N) is 3. The van der Waals surface area contributed by atoms with Gasteiger partial charge >= 0.3 is 0 Å². The zero-order valence-electron chi connectivity index (χ0n) is 9.72. The minimum absolute atomic E-state index is 0.292. The number of thioether (sulfide) groups is 1. The van der Waals surface area contributed by atoms with Gasteiger partial charge in [0.25, 0.3) is 0 Å². The molecule has 5 nitrogen and oxygen atoms in total. The summed E-state index contributed by atoms with van der Waals surface area (Å²) in [6.07, 6.45) is 2.48. The minimum Gasteiger partial charge on any atom is -0.396 e. The molecule has 0 saturated heterocycles. The number of hydrogen-bond acceptors (Lipinski definition) is 5. The monoisotopic (exact) mass is 244 g/mol. The first-order valence-electron chi connectivity index (χ1n) is 5.64. The first-order valence-corrected chi connectivity index (χ1v) is 6.80. The Morgan fingerprint density at radius 3 is 3.12 bits per heavy atom. The highest BCUT2D eigenvalue weighted by atomic mass is 32.2. The quantitative estimate of drug-likeness (QED) is 0.620. The molecule has 0 spiro atoms. The van der Waals surface area contributed by atoms with Gasteiger partial charge in [0.05, 0.1) is 6.54 Å². The number of nitrogens with one attached hydrogen (secondary N) is 1. The summed E-state index contributed by atoms with van der Waals surface area (Å²) in [5.41, 5.74) is 0. The molecule has 0 unspecified atom stereocenters. The first kappa shape index (κ1) is 13.5. The minimum atomic E-state index is 0.292. The molecule has 1 rings (SSSR count). The summed E-state index contributed by atoms with van der Waals surface area (Å²) >= 11 is 1.86. The molecule has 92 valence electrons. The van der Waals surface area contributed by atoms with E-state index in [1.54, 1.807) is 6.33 Å². The first-order chi connectivity index (χ1) is 7.88. The molecule has 0 radical (unpaired) electrons. The molecule has 16 heavy (non-hydrogen) atoms. The van der Waals surface area contributed by atoms with Gasteiger partial charge in [-0.15, -0.1) is 0 Å². The van der Waals surface area contributed by atoms with E-state index in [0.717, 1.165) is 43.4 Å². The van der Waals surface area contributed by atoms with Crippen LogP contribution in [-0.2, 0) is 13.1 Å². The molecule has 0 aliphatic carbocycles. The van der Waals surface area contributed by atoms with Crippen LogP contribution in [0.5, 0.6) is 0 Å². The molecule has 1 aromatic rings. The lowest BCUT2D eigenvalue weighted by molar-refractivity contribution is 0.296. The van der Waals surface area contributed by atoms with E-state index >= 15 is 0 Å². The van der Waals surface area contributed by atoms with Crippen LogP contribution >= 0.6 is 11.8 Å². The van der Waals surface area contributed by atoms with E-state index in [0.29, 0.717) is 6.61 Å². The van der Waals surface area contributed by atoms with E-state index in [-0.39, 0.29) is 0 Å². The highest BCUT2D eigenvalue weighted by Crippen LogP contribution is 2.00. The summed E-state index contributed by atoms with van der Waals surface area (Å²) in [7, 11) is 0. The van der Waals surface area contributed by atoms with Crippen LogP contribution in [0.3, 0.4) is 0 Å². The van der Waals surface area contributed by atoms with Crippen LogP contribution in [0, 0.1) is 0 Å². The molecular weight excluding hydrogens is 224 g/mol. The SMILES string of the molecule is CCn1ncnc1CNCCSCCCO. The van der Waals surface area contributed by atoms with E-state index in [2.05, 4.69) is 22.3 Å². The molecule has 6 heteroatoms. The van der Waals surface area contributed by atoms with E-state index in [9.17, 15) is 0 Å². The second-order valence-electron chi connectivity index (χ2n) is 3.36. The number of rotatable bonds is 9. The molecule has 0 aliphatic rings. The second kappa shape index (κ2) is 8.55. The number of aliphatic hydroxyl groups excluding tert-OH is 1. The molecule has 0 bridgehead atoms. The standard InChI is InChI=1S/C10H20N4OS/c1-2-14-10(12-9-13-14)8-11-4-7-16-6-3-5-15/h9,11,15H,2-8H2,1H3. The van der Waals surface area contributed by atoms with Crippen LogP contribution in [0.2, 0.25) is 0 Å². The summed E-state index contributed by atoms with van der Waals surface area (Å²) in [6, 6.07) is 0. The summed E-state index contributed by atoms with van der Waals surface area (Å²) < 4.78 is 1.89. The smallest absolute Gasteiger partial charge is 0.140 e.